The number of benzene rings is 1. The quantitative estimate of drug-likeness (QED) is 0.876. The lowest BCUT2D eigenvalue weighted by atomic mass is 10.1. The van der Waals surface area contributed by atoms with Crippen molar-refractivity contribution in [1.29, 1.82) is 0 Å². The van der Waals surface area contributed by atoms with Crippen molar-refractivity contribution in [2.75, 3.05) is 18.0 Å². The van der Waals surface area contributed by atoms with Crippen molar-refractivity contribution in [3.05, 3.63) is 28.8 Å². The molecule has 0 bridgehead atoms. The molecule has 2 amide bonds. The van der Waals surface area contributed by atoms with Gasteiger partial charge in [-0.05, 0) is 37.0 Å². The van der Waals surface area contributed by atoms with Gasteiger partial charge >= 0.3 is 0 Å². The van der Waals surface area contributed by atoms with E-state index in [1.165, 1.54) is 17.7 Å². The number of nitrogens with zero attached hydrogens (tertiary/aromatic N) is 1. The zero-order valence-electron chi connectivity index (χ0n) is 10.9. The molecule has 1 aromatic carbocycles. The number of fused-ring (bicyclic) bond motifs is 1. The van der Waals surface area contributed by atoms with Gasteiger partial charge in [0.1, 0.15) is 12.6 Å². The lowest BCUT2D eigenvalue weighted by Gasteiger charge is -2.17. The lowest BCUT2D eigenvalue weighted by molar-refractivity contribution is -0.124. The van der Waals surface area contributed by atoms with Crippen LogP contribution in [0.25, 0.3) is 0 Å². The Bertz CT molecular complexity index is 572. The highest BCUT2D eigenvalue weighted by Gasteiger charge is 2.36. The summed E-state index contributed by atoms with van der Waals surface area (Å²) < 4.78 is 0. The van der Waals surface area contributed by atoms with Crippen molar-refractivity contribution in [1.82, 2.24) is 5.32 Å². The Labute approximate surface area is 122 Å². The Morgan fingerprint density at radius 1 is 1.45 bits per heavy atom. The molecule has 106 valence electrons. The monoisotopic (exact) mass is 293 g/mol. The van der Waals surface area contributed by atoms with E-state index in [4.69, 9.17) is 17.3 Å². The summed E-state index contributed by atoms with van der Waals surface area (Å²) in [5.41, 5.74) is 7.23. The average Bonchev–Trinajstić information content (AvgIpc) is 3.22. The fraction of sp³-hybridized carbons (Fsp3) is 0.429. The third-order valence-electron chi connectivity index (χ3n) is 3.73. The minimum Gasteiger partial charge on any atom is -0.354 e. The molecule has 1 aliphatic heterocycles. The molecule has 5 nitrogen and oxygen atoms in total. The van der Waals surface area contributed by atoms with Gasteiger partial charge in [0.25, 0.3) is 0 Å². The first-order valence-corrected chi connectivity index (χ1v) is 7.07. The maximum atomic E-state index is 12.1. The number of carbonyl (C=O) groups excluding carboxylic acids is 2. The molecule has 2 aliphatic rings. The first kappa shape index (κ1) is 13.4. The maximum absolute atomic E-state index is 12.1. The summed E-state index contributed by atoms with van der Waals surface area (Å²) >= 11 is 5.92. The number of halogens is 1. The number of nitrogens with one attached hydrogen (secondary N) is 1. The summed E-state index contributed by atoms with van der Waals surface area (Å²) in [7, 11) is 0. The van der Waals surface area contributed by atoms with E-state index >= 15 is 0 Å². The molecule has 0 saturated heterocycles. The molecule has 0 radical (unpaired) electrons. The van der Waals surface area contributed by atoms with Crippen LogP contribution in [0.15, 0.2) is 18.2 Å². The summed E-state index contributed by atoms with van der Waals surface area (Å²) in [5.74, 6) is 0.200. The number of hydrogen-bond acceptors (Lipinski definition) is 3. The molecule has 1 saturated carbocycles. The molecule has 20 heavy (non-hydrogen) atoms. The molecule has 1 aliphatic carbocycles. The highest BCUT2D eigenvalue weighted by molar-refractivity contribution is 6.31. The van der Waals surface area contributed by atoms with Crippen molar-refractivity contribution in [3.63, 3.8) is 0 Å². The van der Waals surface area contributed by atoms with Crippen molar-refractivity contribution in [3.8, 4) is 0 Å². The van der Waals surface area contributed by atoms with E-state index in [0.717, 1.165) is 0 Å². The minimum absolute atomic E-state index is 0.00782. The number of hydrogen-bond donors (Lipinski definition) is 2. The van der Waals surface area contributed by atoms with Crippen LogP contribution < -0.4 is 16.0 Å². The number of carbonyl (C=O) groups is 2. The van der Waals surface area contributed by atoms with E-state index in [-0.39, 0.29) is 18.4 Å². The molecule has 1 unspecified atom stereocenters. The Morgan fingerprint density at radius 2 is 2.20 bits per heavy atom. The smallest absolute Gasteiger partial charge is 0.249 e. The molecule has 1 heterocycles. The van der Waals surface area contributed by atoms with E-state index < -0.39 is 6.04 Å². The summed E-state index contributed by atoms with van der Waals surface area (Å²) in [6, 6.07) is 4.37. The van der Waals surface area contributed by atoms with Gasteiger partial charge in [-0.3, -0.25) is 9.59 Å². The zero-order chi connectivity index (χ0) is 14.3. The Morgan fingerprint density at radius 3 is 2.90 bits per heavy atom. The lowest BCUT2D eigenvalue weighted by Crippen LogP contribution is -2.41. The predicted molar refractivity (Wildman–Crippen MR) is 76.5 cm³/mol. The third kappa shape index (κ3) is 2.51. The summed E-state index contributed by atoms with van der Waals surface area (Å²) in [5, 5.41) is 3.38. The predicted octanol–water partition coefficient (Wildman–Crippen LogP) is 1.21. The summed E-state index contributed by atoms with van der Waals surface area (Å²) in [4.78, 5) is 25.5. The highest BCUT2D eigenvalue weighted by atomic mass is 35.5. The average molecular weight is 294 g/mol. The molecule has 6 heteroatoms. The summed E-state index contributed by atoms with van der Waals surface area (Å²) in [6.07, 6.45) is 2.35. The maximum Gasteiger partial charge on any atom is 0.249 e. The van der Waals surface area contributed by atoms with Gasteiger partial charge in [-0.25, -0.2) is 0 Å². The SMILES string of the molecule is NC1C(=O)N(CC(=O)NCC2CC2)c2ccc(Cl)cc21. The Hall–Kier alpha value is -1.59. The van der Waals surface area contributed by atoms with Gasteiger partial charge in [-0.15, -0.1) is 0 Å². The van der Waals surface area contributed by atoms with E-state index in [0.29, 0.717) is 28.7 Å². The molecule has 1 fully saturated rings. The van der Waals surface area contributed by atoms with E-state index in [2.05, 4.69) is 5.32 Å². The fourth-order valence-corrected chi connectivity index (χ4v) is 2.56. The zero-order valence-corrected chi connectivity index (χ0v) is 11.7. The number of nitrogens with two attached hydrogens (primary N) is 1. The van der Waals surface area contributed by atoms with Gasteiger partial charge in [-0.1, -0.05) is 11.6 Å². The van der Waals surface area contributed by atoms with Gasteiger partial charge in [0, 0.05) is 22.8 Å². The Kier molecular flexibility index (Phi) is 3.40. The van der Waals surface area contributed by atoms with Crippen LogP contribution in [0.4, 0.5) is 5.69 Å². The normalized spacial score (nSPS) is 21.0. The highest BCUT2D eigenvalue weighted by Crippen LogP contribution is 2.36. The largest absolute Gasteiger partial charge is 0.354 e. The van der Waals surface area contributed by atoms with Crippen molar-refractivity contribution in [2.45, 2.75) is 18.9 Å². The molecule has 1 atom stereocenters. The first-order valence-electron chi connectivity index (χ1n) is 6.69. The van der Waals surface area contributed by atoms with Crippen LogP contribution in [0.3, 0.4) is 0 Å². The Balaban J connectivity index is 1.73. The fourth-order valence-electron chi connectivity index (χ4n) is 2.38. The van der Waals surface area contributed by atoms with Crippen LogP contribution in [0.2, 0.25) is 5.02 Å². The molecule has 0 spiro atoms. The van der Waals surface area contributed by atoms with Crippen molar-refractivity contribution < 1.29 is 9.59 Å². The second kappa shape index (κ2) is 5.07. The third-order valence-corrected chi connectivity index (χ3v) is 3.97. The summed E-state index contributed by atoms with van der Waals surface area (Å²) in [6.45, 7) is 0.703. The van der Waals surface area contributed by atoms with Crippen molar-refractivity contribution >= 4 is 29.1 Å². The van der Waals surface area contributed by atoms with Gasteiger partial charge in [0.05, 0.1) is 0 Å². The number of anilines is 1. The first-order chi connectivity index (χ1) is 9.56. The number of rotatable bonds is 4. The minimum atomic E-state index is -0.736. The second-order valence-corrected chi connectivity index (χ2v) is 5.79. The second-order valence-electron chi connectivity index (χ2n) is 5.35. The number of amides is 2. The van der Waals surface area contributed by atoms with E-state index in [1.807, 2.05) is 0 Å². The molecule has 1 aromatic rings. The standard InChI is InChI=1S/C14H16ClN3O2/c15-9-3-4-11-10(5-9)13(16)14(20)18(11)7-12(19)17-6-8-1-2-8/h3-5,8,13H,1-2,6-7,16H2,(H,17,19). The van der Waals surface area contributed by atoms with Crippen LogP contribution in [-0.2, 0) is 9.59 Å². The molecule has 3 rings (SSSR count). The molecular formula is C14H16ClN3O2. The van der Waals surface area contributed by atoms with Gasteiger partial charge in [-0.2, -0.15) is 0 Å². The van der Waals surface area contributed by atoms with Crippen LogP contribution in [0.5, 0.6) is 0 Å². The van der Waals surface area contributed by atoms with E-state index in [9.17, 15) is 9.59 Å². The van der Waals surface area contributed by atoms with Gasteiger partial charge < -0.3 is 16.0 Å². The molecule has 3 N–H and O–H groups in total. The van der Waals surface area contributed by atoms with Crippen LogP contribution >= 0.6 is 11.6 Å². The van der Waals surface area contributed by atoms with Gasteiger partial charge in [0.2, 0.25) is 11.8 Å². The van der Waals surface area contributed by atoms with Crippen LogP contribution in [0.1, 0.15) is 24.4 Å². The van der Waals surface area contributed by atoms with E-state index in [1.54, 1.807) is 18.2 Å². The van der Waals surface area contributed by atoms with Crippen molar-refractivity contribution in [2.24, 2.45) is 11.7 Å². The topological polar surface area (TPSA) is 75.4 Å². The van der Waals surface area contributed by atoms with Gasteiger partial charge in [0.15, 0.2) is 0 Å². The molecule has 0 aromatic heterocycles. The molecular weight excluding hydrogens is 278 g/mol. The van der Waals surface area contributed by atoms with Crippen LogP contribution in [0, 0.1) is 5.92 Å². The van der Waals surface area contributed by atoms with Crippen LogP contribution in [-0.4, -0.2) is 24.9 Å².